The van der Waals surface area contributed by atoms with Gasteiger partial charge in [0, 0.05) is 60.3 Å². The van der Waals surface area contributed by atoms with Gasteiger partial charge in [0.2, 0.25) is 0 Å². The van der Waals surface area contributed by atoms with Crippen LogP contribution in [0.15, 0.2) is 170 Å². The third-order valence-corrected chi connectivity index (χ3v) is 16.4. The van der Waals surface area contributed by atoms with E-state index in [1.54, 1.807) is 35.5 Å². The van der Waals surface area contributed by atoms with Crippen molar-refractivity contribution >= 4 is 21.5 Å². The Hall–Kier alpha value is -7.20. The van der Waals surface area contributed by atoms with Gasteiger partial charge in [-0.15, -0.1) is 0 Å². The number of rotatable bonds is 30. The van der Waals surface area contributed by atoms with Gasteiger partial charge in [-0.1, -0.05) is 123 Å². The first-order valence-electron chi connectivity index (χ1n) is 30.3. The van der Waals surface area contributed by atoms with Gasteiger partial charge >= 0.3 is 0 Å². The summed E-state index contributed by atoms with van der Waals surface area (Å²) < 4.78 is 70.5. The molecular weight excluding hydrogens is 1100 g/mol. The van der Waals surface area contributed by atoms with Crippen LogP contribution in [0.25, 0.3) is 21.5 Å². The topological polar surface area (TPSA) is 131 Å². The lowest BCUT2D eigenvalue weighted by atomic mass is 9.74. The molecule has 0 radical (unpaired) electrons. The Kier molecular flexibility index (Phi) is 26.4. The van der Waals surface area contributed by atoms with Gasteiger partial charge in [-0.05, 0) is 132 Å². The third-order valence-electron chi connectivity index (χ3n) is 16.4. The zero-order chi connectivity index (χ0) is 59.7. The normalized spacial score (nSPS) is 18.2. The second kappa shape index (κ2) is 35.0. The number of aliphatic hydroxyl groups excluding tert-OH is 1. The van der Waals surface area contributed by atoms with E-state index in [9.17, 15) is 5.11 Å². The van der Waals surface area contributed by atoms with Crippen LogP contribution in [0.1, 0.15) is 104 Å². The van der Waals surface area contributed by atoms with Gasteiger partial charge in [0.15, 0.2) is 0 Å². The quantitative estimate of drug-likeness (QED) is 0.0339. The Morgan fingerprint density at radius 3 is 1.31 bits per heavy atom. The fourth-order valence-corrected chi connectivity index (χ4v) is 12.1. The highest BCUT2D eigenvalue weighted by Crippen LogP contribution is 2.42. The highest BCUT2D eigenvalue weighted by atomic mass is 16.7. The van der Waals surface area contributed by atoms with E-state index in [1.807, 2.05) is 97.1 Å². The minimum Gasteiger partial charge on any atom is -0.496 e. The van der Waals surface area contributed by atoms with Crippen molar-refractivity contribution in [2.45, 2.75) is 115 Å². The molecule has 0 aromatic heterocycles. The number of para-hydroxylation sites is 2. The smallest absolute Gasteiger partial charge is 0.146 e. The molecule has 2 saturated carbocycles. The van der Waals surface area contributed by atoms with Crippen molar-refractivity contribution in [3.63, 3.8) is 0 Å². The summed E-state index contributed by atoms with van der Waals surface area (Å²) in [6.07, 6.45) is 7.62. The zero-order valence-corrected chi connectivity index (χ0v) is 50.7. The number of hydrogen-bond donors (Lipinski definition) is 1. The van der Waals surface area contributed by atoms with E-state index in [2.05, 4.69) is 72.8 Å². The van der Waals surface area contributed by atoms with Crippen LogP contribution in [-0.4, -0.2) is 98.8 Å². The summed E-state index contributed by atoms with van der Waals surface area (Å²) in [5.74, 6) is 5.46. The predicted octanol–water partition coefficient (Wildman–Crippen LogP) is 15.6. The van der Waals surface area contributed by atoms with Crippen molar-refractivity contribution in [1.82, 2.24) is 0 Å². The maximum Gasteiger partial charge on any atom is 0.146 e. The number of aliphatic hydroxyl groups is 1. The molecule has 0 unspecified atom stereocenters. The van der Waals surface area contributed by atoms with Gasteiger partial charge in [-0.2, -0.15) is 0 Å². The molecule has 0 bridgehead atoms. The molecule has 0 amide bonds. The Labute approximate surface area is 515 Å². The minimum atomic E-state index is 0. The second-order valence-corrected chi connectivity index (χ2v) is 22.0. The molecule has 0 saturated heterocycles. The van der Waals surface area contributed by atoms with Crippen molar-refractivity contribution in [2.75, 3.05) is 75.4 Å². The van der Waals surface area contributed by atoms with Gasteiger partial charge in [0.1, 0.15) is 41.3 Å². The van der Waals surface area contributed by atoms with Crippen LogP contribution in [0, 0.1) is 5.92 Å². The lowest BCUT2D eigenvalue weighted by molar-refractivity contribution is -0.120. The van der Waals surface area contributed by atoms with Crippen LogP contribution in [0.2, 0.25) is 0 Å². The van der Waals surface area contributed by atoms with Crippen molar-refractivity contribution in [3.05, 3.63) is 203 Å². The minimum absolute atomic E-state index is 0. The Bertz CT molecular complexity index is 3280. The summed E-state index contributed by atoms with van der Waals surface area (Å²) in [7, 11) is 8.43. The average Bonchev–Trinajstić information content (AvgIpc) is 2.24. The standard InChI is InChI=1S/C37H44O7.C36H42O6.CH4/c1-38-26-44-35-15-8-14-34(43-24-27-22-29-10-4-6-12-32(29)36(23-27)40-3)37(35)28-16-18-31(19-17-28)42-21-9-20-41-25-30-11-5-7-13-33(30)39-2;1-38-33-13-6-4-10-30(33)25-40-19-8-20-41-31-17-15-27(16-18-31)36-29(23-37)11-7-14-34(36)42-24-26-21-28-9-3-5-12-32(28)35(22-26)39-2;/h4-7,10-13,16-19,22-23,34-35,37H,8-9,14-15,20-21,24-26H2,1-3H3;3-6,9-10,12-13,15-18,21-22,29,34,36-37H,7-8,11,14,19-20,23-25H2,1-2H3;1H4/t34-,35+,37+;29-,34-,36-;/m00./s1. The van der Waals surface area contributed by atoms with E-state index < -0.39 is 0 Å². The molecule has 0 spiro atoms. The van der Waals surface area contributed by atoms with E-state index in [4.69, 9.17) is 56.8 Å². The first-order valence-corrected chi connectivity index (χ1v) is 30.3. The van der Waals surface area contributed by atoms with E-state index >= 15 is 0 Å². The molecule has 0 heterocycles. The molecule has 464 valence electrons. The van der Waals surface area contributed by atoms with Gasteiger partial charge in [-0.3, -0.25) is 0 Å². The van der Waals surface area contributed by atoms with E-state index in [-0.39, 0.29) is 56.9 Å². The highest BCUT2D eigenvalue weighted by molar-refractivity contribution is 5.89. The van der Waals surface area contributed by atoms with Crippen LogP contribution in [-0.2, 0) is 54.8 Å². The van der Waals surface area contributed by atoms with Gasteiger partial charge in [-0.25, -0.2) is 0 Å². The molecule has 10 rings (SSSR count). The molecule has 6 atom stereocenters. The fourth-order valence-electron chi connectivity index (χ4n) is 12.1. The SMILES string of the molecule is C.COCO[C@@H]1CCC[C@H](OCc2cc(OC)c3ccccc3c2)[C@H]1c1ccc(OCCCOCc2ccccc2OC)cc1.COc1ccccc1COCCCOc1ccc([C@H]2[C@H](CO)CCC[C@@H]2OCc2cc(OC)c3ccccc3c2)cc1. The maximum absolute atomic E-state index is 10.2. The molecule has 2 aliphatic rings. The van der Waals surface area contributed by atoms with Crippen LogP contribution in [0.5, 0.6) is 34.5 Å². The van der Waals surface area contributed by atoms with Gasteiger partial charge in [0.05, 0.1) is 99.6 Å². The molecule has 13 nitrogen and oxygen atoms in total. The van der Waals surface area contributed by atoms with Crippen molar-refractivity contribution in [2.24, 2.45) is 5.92 Å². The summed E-state index contributed by atoms with van der Waals surface area (Å²) in [6, 6.07) is 57.5. The fraction of sp³-hybridized carbons (Fsp3) is 0.405. The number of fused-ring (bicyclic) bond motifs is 2. The second-order valence-electron chi connectivity index (χ2n) is 22.0. The first kappa shape index (κ1) is 65.8. The van der Waals surface area contributed by atoms with Crippen LogP contribution < -0.4 is 28.4 Å². The molecule has 13 heteroatoms. The monoisotopic (exact) mass is 1190 g/mol. The molecule has 1 N–H and O–H groups in total. The molecule has 2 aliphatic carbocycles. The van der Waals surface area contributed by atoms with Crippen molar-refractivity contribution in [3.8, 4) is 34.5 Å². The molecule has 87 heavy (non-hydrogen) atoms. The van der Waals surface area contributed by atoms with Crippen LogP contribution >= 0.6 is 0 Å². The largest absolute Gasteiger partial charge is 0.496 e. The summed E-state index contributed by atoms with van der Waals surface area (Å²) in [6.45, 7) is 4.83. The highest BCUT2D eigenvalue weighted by Gasteiger charge is 2.37. The van der Waals surface area contributed by atoms with E-state index in [0.29, 0.717) is 52.9 Å². The predicted molar refractivity (Wildman–Crippen MR) is 344 cm³/mol. The third kappa shape index (κ3) is 18.4. The summed E-state index contributed by atoms with van der Waals surface area (Å²) in [4.78, 5) is 0. The van der Waals surface area contributed by atoms with Crippen LogP contribution in [0.4, 0.5) is 0 Å². The van der Waals surface area contributed by atoms with E-state index in [0.717, 1.165) is 130 Å². The molecule has 0 aliphatic heterocycles. The lowest BCUT2D eigenvalue weighted by Gasteiger charge is -2.38. The summed E-state index contributed by atoms with van der Waals surface area (Å²) in [5.41, 5.74) is 6.63. The Balaban J connectivity index is 0.000000223. The molecule has 2 fully saturated rings. The Morgan fingerprint density at radius 1 is 0.414 bits per heavy atom. The number of ether oxygens (including phenoxy) is 12. The van der Waals surface area contributed by atoms with Crippen molar-refractivity contribution in [1.29, 1.82) is 0 Å². The number of hydrogen-bond acceptors (Lipinski definition) is 13. The van der Waals surface area contributed by atoms with Gasteiger partial charge in [0.25, 0.3) is 0 Å². The number of benzene rings is 8. The molecule has 8 aromatic rings. The molecular formula is C74H90O13. The van der Waals surface area contributed by atoms with E-state index in [1.165, 1.54) is 11.1 Å². The zero-order valence-electron chi connectivity index (χ0n) is 50.7. The molecule has 8 aromatic carbocycles. The number of methoxy groups -OCH3 is 5. The maximum atomic E-state index is 10.2. The van der Waals surface area contributed by atoms with Gasteiger partial charge < -0.3 is 61.9 Å². The first-order chi connectivity index (χ1) is 42.4. The summed E-state index contributed by atoms with van der Waals surface area (Å²) >= 11 is 0. The van der Waals surface area contributed by atoms with Crippen molar-refractivity contribution < 1.29 is 61.9 Å². The summed E-state index contributed by atoms with van der Waals surface area (Å²) in [5, 5.41) is 14.7. The average molecular weight is 1190 g/mol. The lowest BCUT2D eigenvalue weighted by Crippen LogP contribution is -2.38. The van der Waals surface area contributed by atoms with Crippen LogP contribution in [0.3, 0.4) is 0 Å². The Morgan fingerprint density at radius 2 is 0.839 bits per heavy atom.